The van der Waals surface area contributed by atoms with Crippen LogP contribution in [0, 0.1) is 5.82 Å². The standard InChI is InChI=1S/C27H32FN5O3/c1-18-12-30(13-19(2)32(18)17-26(35)36)16-25(34)31-10-8-22-23-7-4-9-29-27(23)33(24(22)15-31)14-20-5-3-6-21(28)11-20/h3-7,9,11,18-19H,8,10,12-17H2,1-2H3,(H,35,36)/t18-,19+. The van der Waals surface area contributed by atoms with Gasteiger partial charge < -0.3 is 14.6 Å². The van der Waals surface area contributed by atoms with Crippen molar-refractivity contribution in [3.8, 4) is 0 Å². The lowest BCUT2D eigenvalue weighted by molar-refractivity contribution is -0.142. The molecule has 5 rings (SSSR count). The van der Waals surface area contributed by atoms with Crippen molar-refractivity contribution < 1.29 is 19.1 Å². The highest BCUT2D eigenvalue weighted by Gasteiger charge is 2.33. The van der Waals surface area contributed by atoms with Crippen LogP contribution in [-0.2, 0) is 29.1 Å². The Morgan fingerprint density at radius 1 is 1.11 bits per heavy atom. The summed E-state index contributed by atoms with van der Waals surface area (Å²) in [5.41, 5.74) is 3.98. The van der Waals surface area contributed by atoms with Crippen LogP contribution in [0.25, 0.3) is 11.0 Å². The Hall–Kier alpha value is -3.30. The molecule has 0 radical (unpaired) electrons. The molecule has 1 fully saturated rings. The number of hydrogen-bond donors (Lipinski definition) is 1. The first kappa shape index (κ1) is 24.4. The number of hydrogen-bond acceptors (Lipinski definition) is 5. The van der Waals surface area contributed by atoms with E-state index < -0.39 is 5.97 Å². The molecule has 0 aliphatic carbocycles. The number of carboxylic acid groups (broad SMARTS) is 1. The quantitative estimate of drug-likeness (QED) is 0.569. The van der Waals surface area contributed by atoms with Crippen LogP contribution in [-0.4, -0.2) is 86.0 Å². The number of aliphatic carboxylic acids is 1. The second-order valence-electron chi connectivity index (χ2n) is 10.0. The molecule has 1 amide bonds. The topological polar surface area (TPSA) is 81.9 Å². The monoisotopic (exact) mass is 493 g/mol. The summed E-state index contributed by atoms with van der Waals surface area (Å²) in [6.07, 6.45) is 2.52. The molecule has 1 aromatic carbocycles. The van der Waals surface area contributed by atoms with E-state index in [4.69, 9.17) is 0 Å². The van der Waals surface area contributed by atoms with Crippen LogP contribution in [0.1, 0.15) is 30.7 Å². The Morgan fingerprint density at radius 3 is 2.61 bits per heavy atom. The number of amides is 1. The van der Waals surface area contributed by atoms with Gasteiger partial charge in [0.25, 0.3) is 0 Å². The van der Waals surface area contributed by atoms with Gasteiger partial charge in [-0.3, -0.25) is 19.4 Å². The van der Waals surface area contributed by atoms with Gasteiger partial charge in [0.05, 0.1) is 19.6 Å². The molecular formula is C27H32FN5O3. The molecular weight excluding hydrogens is 461 g/mol. The normalized spacial score (nSPS) is 21.0. The van der Waals surface area contributed by atoms with Crippen molar-refractivity contribution in [1.29, 1.82) is 0 Å². The summed E-state index contributed by atoms with van der Waals surface area (Å²) in [7, 11) is 0. The van der Waals surface area contributed by atoms with Crippen molar-refractivity contribution in [2.45, 2.75) is 45.4 Å². The molecule has 1 saturated heterocycles. The summed E-state index contributed by atoms with van der Waals surface area (Å²) in [5.74, 6) is -1.03. The van der Waals surface area contributed by atoms with Gasteiger partial charge in [-0.05, 0) is 55.7 Å². The van der Waals surface area contributed by atoms with Gasteiger partial charge in [-0.2, -0.15) is 0 Å². The van der Waals surface area contributed by atoms with E-state index in [1.165, 1.54) is 11.6 Å². The first-order valence-electron chi connectivity index (χ1n) is 12.5. The van der Waals surface area contributed by atoms with E-state index in [0.717, 1.165) is 28.7 Å². The zero-order valence-corrected chi connectivity index (χ0v) is 20.7. The molecule has 0 bridgehead atoms. The van der Waals surface area contributed by atoms with Crippen LogP contribution in [0.2, 0.25) is 0 Å². The van der Waals surface area contributed by atoms with Gasteiger partial charge in [0.1, 0.15) is 11.5 Å². The number of halogens is 1. The molecule has 0 unspecified atom stereocenters. The van der Waals surface area contributed by atoms with E-state index in [1.807, 2.05) is 35.8 Å². The predicted molar refractivity (Wildman–Crippen MR) is 134 cm³/mol. The third kappa shape index (κ3) is 4.85. The first-order valence-corrected chi connectivity index (χ1v) is 12.5. The fourth-order valence-electron chi connectivity index (χ4n) is 5.82. The molecule has 0 saturated carbocycles. The Labute approximate surface area is 209 Å². The lowest BCUT2D eigenvalue weighted by Gasteiger charge is -2.44. The number of benzene rings is 1. The van der Waals surface area contributed by atoms with Crippen molar-refractivity contribution in [3.63, 3.8) is 0 Å². The molecule has 0 spiro atoms. The highest BCUT2D eigenvalue weighted by Crippen LogP contribution is 2.31. The van der Waals surface area contributed by atoms with Crippen molar-refractivity contribution in [3.05, 3.63) is 65.2 Å². The SMILES string of the molecule is C[C@@H]1CN(CC(=O)N2CCc3c(n(Cc4cccc(F)c4)c4ncccc34)C2)C[C@H](C)N1CC(=O)O. The van der Waals surface area contributed by atoms with Crippen LogP contribution in [0.5, 0.6) is 0 Å². The Bertz CT molecular complexity index is 1280. The summed E-state index contributed by atoms with van der Waals surface area (Å²) < 4.78 is 16.0. The number of aromatic nitrogens is 2. The third-order valence-electron chi connectivity index (χ3n) is 7.45. The van der Waals surface area contributed by atoms with E-state index >= 15 is 0 Å². The maximum atomic E-state index is 13.9. The van der Waals surface area contributed by atoms with Gasteiger partial charge in [-0.25, -0.2) is 9.37 Å². The smallest absolute Gasteiger partial charge is 0.317 e. The zero-order chi connectivity index (χ0) is 25.4. The molecule has 2 aromatic heterocycles. The summed E-state index contributed by atoms with van der Waals surface area (Å²) in [6, 6.07) is 10.7. The number of carbonyl (C=O) groups is 2. The van der Waals surface area contributed by atoms with Crippen molar-refractivity contribution in [2.24, 2.45) is 0 Å². The Balaban J connectivity index is 1.34. The molecule has 9 heteroatoms. The Kier molecular flexibility index (Phi) is 6.77. The third-order valence-corrected chi connectivity index (χ3v) is 7.45. The molecule has 190 valence electrons. The number of nitrogens with zero attached hydrogens (tertiary/aromatic N) is 5. The summed E-state index contributed by atoms with van der Waals surface area (Å²) in [4.78, 5) is 35.2. The van der Waals surface area contributed by atoms with E-state index in [-0.39, 0.29) is 30.4 Å². The summed E-state index contributed by atoms with van der Waals surface area (Å²) in [6.45, 7) is 7.30. The lowest BCUT2D eigenvalue weighted by atomic mass is 10.0. The minimum atomic E-state index is -0.828. The molecule has 3 aromatic rings. The van der Waals surface area contributed by atoms with Crippen molar-refractivity contribution in [1.82, 2.24) is 24.3 Å². The van der Waals surface area contributed by atoms with E-state index in [1.54, 1.807) is 18.3 Å². The minimum absolute atomic E-state index is 0.0168. The van der Waals surface area contributed by atoms with E-state index in [9.17, 15) is 19.1 Å². The highest BCUT2D eigenvalue weighted by molar-refractivity contribution is 5.84. The average molecular weight is 494 g/mol. The zero-order valence-electron chi connectivity index (χ0n) is 20.7. The average Bonchev–Trinajstić information content (AvgIpc) is 3.14. The van der Waals surface area contributed by atoms with Gasteiger partial charge in [-0.15, -0.1) is 0 Å². The fourth-order valence-corrected chi connectivity index (χ4v) is 5.82. The molecule has 8 nitrogen and oxygen atoms in total. The van der Waals surface area contributed by atoms with Gasteiger partial charge in [0.15, 0.2) is 0 Å². The van der Waals surface area contributed by atoms with E-state index in [0.29, 0.717) is 39.3 Å². The minimum Gasteiger partial charge on any atom is -0.480 e. The number of carboxylic acids is 1. The van der Waals surface area contributed by atoms with Crippen LogP contribution < -0.4 is 0 Å². The summed E-state index contributed by atoms with van der Waals surface area (Å²) >= 11 is 0. The van der Waals surface area contributed by atoms with E-state index in [2.05, 4.69) is 20.5 Å². The molecule has 2 aliphatic heterocycles. The molecule has 1 N–H and O–H groups in total. The van der Waals surface area contributed by atoms with Crippen LogP contribution in [0.3, 0.4) is 0 Å². The number of fused-ring (bicyclic) bond motifs is 3. The number of piperazine rings is 1. The number of rotatable bonds is 6. The van der Waals surface area contributed by atoms with Crippen LogP contribution in [0.4, 0.5) is 4.39 Å². The first-order chi connectivity index (χ1) is 17.3. The molecule has 36 heavy (non-hydrogen) atoms. The largest absolute Gasteiger partial charge is 0.480 e. The van der Waals surface area contributed by atoms with Crippen LogP contribution >= 0.6 is 0 Å². The Morgan fingerprint density at radius 2 is 1.89 bits per heavy atom. The van der Waals surface area contributed by atoms with Gasteiger partial charge in [0, 0.05) is 55.5 Å². The molecule has 4 heterocycles. The second-order valence-corrected chi connectivity index (χ2v) is 10.0. The number of carbonyl (C=O) groups excluding carboxylic acids is 1. The highest BCUT2D eigenvalue weighted by atomic mass is 19.1. The predicted octanol–water partition coefficient (Wildman–Crippen LogP) is 2.59. The fraction of sp³-hybridized carbons (Fsp3) is 0.444. The van der Waals surface area contributed by atoms with Crippen molar-refractivity contribution in [2.75, 3.05) is 32.7 Å². The van der Waals surface area contributed by atoms with Crippen molar-refractivity contribution >= 4 is 22.9 Å². The number of pyridine rings is 1. The maximum absolute atomic E-state index is 13.9. The van der Waals surface area contributed by atoms with Crippen LogP contribution in [0.15, 0.2) is 42.6 Å². The van der Waals surface area contributed by atoms with Gasteiger partial charge in [0.2, 0.25) is 5.91 Å². The lowest BCUT2D eigenvalue weighted by Crippen LogP contribution is -2.59. The molecule has 2 atom stereocenters. The second kappa shape index (κ2) is 9.99. The van der Waals surface area contributed by atoms with Gasteiger partial charge >= 0.3 is 5.97 Å². The summed E-state index contributed by atoms with van der Waals surface area (Å²) in [5, 5.41) is 10.3. The van der Waals surface area contributed by atoms with Gasteiger partial charge in [-0.1, -0.05) is 12.1 Å². The maximum Gasteiger partial charge on any atom is 0.317 e. The molecule has 2 aliphatic rings.